The number of thiocarbonyl (C=S) groups is 1. The number of nitrogens with zero attached hydrogens (tertiary/aromatic N) is 1. The maximum absolute atomic E-state index is 5.68. The monoisotopic (exact) mass is 266 g/mol. The molecule has 17 heavy (non-hydrogen) atoms. The average molecular weight is 266 g/mol. The van der Waals surface area contributed by atoms with Crippen LogP contribution < -0.4 is 10.6 Å². The van der Waals surface area contributed by atoms with E-state index in [9.17, 15) is 0 Å². The molecular weight excluding hydrogens is 248 g/mol. The normalized spacial score (nSPS) is 16.6. The van der Waals surface area contributed by atoms with Gasteiger partial charge in [0.25, 0.3) is 0 Å². The van der Waals surface area contributed by atoms with Crippen molar-refractivity contribution in [3.63, 3.8) is 0 Å². The molecule has 1 heterocycles. The molecule has 1 aliphatic heterocycles. The Hall–Kier alpha value is -0.740. The third-order valence-corrected chi connectivity index (χ3v) is 4.33. The predicted molar refractivity (Wildman–Crippen MR) is 81.2 cm³/mol. The Morgan fingerprint density at radius 1 is 1.35 bits per heavy atom. The van der Waals surface area contributed by atoms with Gasteiger partial charge in [0.15, 0.2) is 0 Å². The third kappa shape index (κ3) is 3.13. The van der Waals surface area contributed by atoms with E-state index in [4.69, 9.17) is 18.0 Å². The predicted octanol–water partition coefficient (Wildman–Crippen LogP) is 2.57. The maximum Gasteiger partial charge on any atom is 0.104 e. The zero-order valence-electron chi connectivity index (χ0n) is 10.1. The van der Waals surface area contributed by atoms with E-state index in [1.54, 1.807) is 0 Å². The lowest BCUT2D eigenvalue weighted by Gasteiger charge is -2.23. The molecule has 1 saturated heterocycles. The van der Waals surface area contributed by atoms with Gasteiger partial charge in [0, 0.05) is 30.1 Å². The summed E-state index contributed by atoms with van der Waals surface area (Å²) in [4.78, 5) is 2.94. The Labute approximate surface area is 113 Å². The van der Waals surface area contributed by atoms with Crippen molar-refractivity contribution in [2.75, 3.05) is 29.5 Å². The van der Waals surface area contributed by atoms with Crippen molar-refractivity contribution >= 4 is 34.7 Å². The lowest BCUT2D eigenvalue weighted by Crippen LogP contribution is -2.25. The number of benzene rings is 1. The van der Waals surface area contributed by atoms with Crippen molar-refractivity contribution in [3.05, 3.63) is 29.3 Å². The van der Waals surface area contributed by atoms with Gasteiger partial charge in [-0.3, -0.25) is 0 Å². The van der Waals surface area contributed by atoms with Gasteiger partial charge in [0.1, 0.15) is 4.99 Å². The smallest absolute Gasteiger partial charge is 0.104 e. The van der Waals surface area contributed by atoms with Crippen LogP contribution in [0.5, 0.6) is 0 Å². The summed E-state index contributed by atoms with van der Waals surface area (Å²) in [5, 5.41) is 0. The molecule has 2 N–H and O–H groups in total. The second-order valence-corrected chi connectivity index (χ2v) is 5.98. The largest absolute Gasteiger partial charge is 0.389 e. The molecule has 0 saturated carbocycles. The Balaban J connectivity index is 2.21. The fraction of sp³-hybridized carbons (Fsp3) is 0.462. The quantitative estimate of drug-likeness (QED) is 0.833. The number of rotatable bonds is 2. The highest BCUT2D eigenvalue weighted by Gasteiger charge is 2.11. The summed E-state index contributed by atoms with van der Waals surface area (Å²) in [6, 6.07) is 6.38. The molecule has 1 aliphatic rings. The van der Waals surface area contributed by atoms with Gasteiger partial charge in [-0.05, 0) is 42.9 Å². The molecule has 0 bridgehead atoms. The first-order chi connectivity index (χ1) is 8.18. The molecule has 0 radical (unpaired) electrons. The van der Waals surface area contributed by atoms with Crippen LogP contribution in [0.25, 0.3) is 0 Å². The number of thioether (sulfide) groups is 1. The van der Waals surface area contributed by atoms with E-state index in [0.29, 0.717) is 4.99 Å². The van der Waals surface area contributed by atoms with Crippen LogP contribution in [-0.2, 0) is 0 Å². The lowest BCUT2D eigenvalue weighted by molar-refractivity contribution is 0.816. The van der Waals surface area contributed by atoms with Gasteiger partial charge >= 0.3 is 0 Å². The zero-order valence-corrected chi connectivity index (χ0v) is 11.7. The van der Waals surface area contributed by atoms with E-state index in [2.05, 4.69) is 24.0 Å². The molecule has 1 fully saturated rings. The SMILES string of the molecule is Cc1cc(N2CCCSCC2)ccc1C(N)=S. The summed E-state index contributed by atoms with van der Waals surface area (Å²) in [6.07, 6.45) is 1.26. The molecule has 1 aromatic rings. The van der Waals surface area contributed by atoms with Crippen molar-refractivity contribution in [1.29, 1.82) is 0 Å². The first kappa shape index (κ1) is 12.7. The Bertz CT molecular complexity index is 410. The lowest BCUT2D eigenvalue weighted by atomic mass is 10.1. The fourth-order valence-electron chi connectivity index (χ4n) is 2.13. The highest BCUT2D eigenvalue weighted by Crippen LogP contribution is 2.22. The van der Waals surface area contributed by atoms with Crippen LogP contribution in [0.3, 0.4) is 0 Å². The summed E-state index contributed by atoms with van der Waals surface area (Å²) in [5.74, 6) is 2.50. The second-order valence-electron chi connectivity index (χ2n) is 4.32. The zero-order chi connectivity index (χ0) is 12.3. The van der Waals surface area contributed by atoms with Crippen molar-refractivity contribution < 1.29 is 0 Å². The van der Waals surface area contributed by atoms with Crippen molar-refractivity contribution in [2.24, 2.45) is 5.73 Å². The molecule has 92 valence electrons. The second kappa shape index (κ2) is 5.74. The molecule has 0 aliphatic carbocycles. The number of hydrogen-bond donors (Lipinski definition) is 1. The molecule has 2 nitrogen and oxygen atoms in total. The van der Waals surface area contributed by atoms with Gasteiger partial charge in [0.05, 0.1) is 0 Å². The van der Waals surface area contributed by atoms with Crippen molar-refractivity contribution in [3.8, 4) is 0 Å². The molecular formula is C13H18N2S2. The fourth-order valence-corrected chi connectivity index (χ4v) is 3.24. The molecule has 0 aromatic heterocycles. The van der Waals surface area contributed by atoms with Gasteiger partial charge in [-0.25, -0.2) is 0 Å². The van der Waals surface area contributed by atoms with Gasteiger partial charge < -0.3 is 10.6 Å². The van der Waals surface area contributed by atoms with Crippen LogP contribution in [0, 0.1) is 6.92 Å². The highest BCUT2D eigenvalue weighted by molar-refractivity contribution is 7.99. The Morgan fingerprint density at radius 3 is 2.88 bits per heavy atom. The summed E-state index contributed by atoms with van der Waals surface area (Å²) >= 11 is 7.08. The van der Waals surface area contributed by atoms with E-state index in [1.165, 1.54) is 29.2 Å². The minimum atomic E-state index is 0.487. The molecule has 0 unspecified atom stereocenters. The molecule has 2 rings (SSSR count). The van der Waals surface area contributed by atoms with Crippen LogP contribution >= 0.6 is 24.0 Å². The molecule has 1 aromatic carbocycles. The number of nitrogens with two attached hydrogens (primary N) is 1. The van der Waals surface area contributed by atoms with Crippen LogP contribution in [0.15, 0.2) is 18.2 Å². The number of anilines is 1. The summed E-state index contributed by atoms with van der Waals surface area (Å²) < 4.78 is 0. The third-order valence-electron chi connectivity index (χ3n) is 3.06. The van der Waals surface area contributed by atoms with E-state index >= 15 is 0 Å². The topological polar surface area (TPSA) is 29.3 Å². The van der Waals surface area contributed by atoms with Crippen molar-refractivity contribution in [2.45, 2.75) is 13.3 Å². The maximum atomic E-state index is 5.68. The van der Waals surface area contributed by atoms with Crippen LogP contribution in [0.2, 0.25) is 0 Å². The summed E-state index contributed by atoms with van der Waals surface area (Å²) in [6.45, 7) is 4.36. The van der Waals surface area contributed by atoms with Crippen molar-refractivity contribution in [1.82, 2.24) is 0 Å². The summed E-state index contributed by atoms with van der Waals surface area (Å²) in [5.41, 5.74) is 9.15. The minimum absolute atomic E-state index is 0.487. The molecule has 0 spiro atoms. The van der Waals surface area contributed by atoms with Gasteiger partial charge in [-0.2, -0.15) is 11.8 Å². The summed E-state index contributed by atoms with van der Waals surface area (Å²) in [7, 11) is 0. The average Bonchev–Trinajstić information content (AvgIpc) is 2.56. The molecule has 4 heteroatoms. The molecule has 0 amide bonds. The van der Waals surface area contributed by atoms with E-state index in [1.807, 2.05) is 17.8 Å². The Kier molecular flexibility index (Phi) is 4.29. The first-order valence-corrected chi connectivity index (χ1v) is 7.48. The molecule has 0 atom stereocenters. The van der Waals surface area contributed by atoms with E-state index < -0.39 is 0 Å². The van der Waals surface area contributed by atoms with Gasteiger partial charge in [0.2, 0.25) is 0 Å². The number of aryl methyl sites for hydroxylation is 1. The van der Waals surface area contributed by atoms with Crippen LogP contribution in [0.4, 0.5) is 5.69 Å². The Morgan fingerprint density at radius 2 is 2.18 bits per heavy atom. The first-order valence-electron chi connectivity index (χ1n) is 5.91. The van der Waals surface area contributed by atoms with Gasteiger partial charge in [-0.15, -0.1) is 0 Å². The number of hydrogen-bond acceptors (Lipinski definition) is 3. The standard InChI is InChI=1S/C13H18N2S2/c1-10-9-11(3-4-12(10)13(14)16)15-5-2-7-17-8-6-15/h3-4,9H,2,5-8H2,1H3,(H2,14,16). The van der Waals surface area contributed by atoms with Crippen LogP contribution in [0.1, 0.15) is 17.5 Å². The van der Waals surface area contributed by atoms with E-state index in [0.717, 1.165) is 18.7 Å². The van der Waals surface area contributed by atoms with E-state index in [-0.39, 0.29) is 0 Å². The highest BCUT2D eigenvalue weighted by atomic mass is 32.2. The van der Waals surface area contributed by atoms with Crippen LogP contribution in [-0.4, -0.2) is 29.6 Å². The minimum Gasteiger partial charge on any atom is -0.389 e. The van der Waals surface area contributed by atoms with Gasteiger partial charge in [-0.1, -0.05) is 12.2 Å².